The summed E-state index contributed by atoms with van der Waals surface area (Å²) >= 11 is 3.41. The van der Waals surface area contributed by atoms with Crippen LogP contribution >= 0.6 is 15.9 Å². The van der Waals surface area contributed by atoms with Crippen LogP contribution in [0.4, 0.5) is 5.69 Å². The van der Waals surface area contributed by atoms with E-state index >= 15 is 0 Å². The number of pyridine rings is 1. The average Bonchev–Trinajstić information content (AvgIpc) is 2.37. The first-order valence-corrected chi connectivity index (χ1v) is 6.98. The number of rotatable bonds is 5. The Bertz CT molecular complexity index is 572. The number of hydrogen-bond acceptors (Lipinski definition) is 4. The van der Waals surface area contributed by atoms with Gasteiger partial charge in [-0.3, -0.25) is 4.98 Å². The molecule has 1 aromatic heterocycles. The molecule has 5 heteroatoms. The summed E-state index contributed by atoms with van der Waals surface area (Å²) in [5.41, 5.74) is 7.49. The molecule has 0 spiro atoms. The predicted octanol–water partition coefficient (Wildman–Crippen LogP) is 2.91. The Morgan fingerprint density at radius 2 is 2.16 bits per heavy atom. The highest BCUT2D eigenvalue weighted by Gasteiger charge is 2.07. The second-order valence-corrected chi connectivity index (χ2v) is 5.62. The molecular weight excluding hydrogens is 306 g/mol. The molecule has 2 aromatic rings. The van der Waals surface area contributed by atoms with Gasteiger partial charge in [0.05, 0.1) is 6.61 Å². The van der Waals surface area contributed by atoms with Gasteiger partial charge in [0.1, 0.15) is 11.3 Å². The number of anilines is 1. The Labute approximate surface area is 121 Å². The molecule has 0 fully saturated rings. The number of hydrogen-bond donors (Lipinski definition) is 1. The lowest BCUT2D eigenvalue weighted by molar-refractivity contribution is 0.284. The molecule has 4 nitrogen and oxygen atoms in total. The molecule has 0 radical (unpaired) electrons. The lowest BCUT2D eigenvalue weighted by Gasteiger charge is -2.12. The fourth-order valence-electron chi connectivity index (χ4n) is 1.87. The molecular formula is C14H18BrN3O. The normalized spacial score (nSPS) is 11.2. The van der Waals surface area contributed by atoms with Crippen LogP contribution in [0.5, 0.6) is 5.75 Å². The number of aromatic nitrogens is 1. The van der Waals surface area contributed by atoms with Crippen LogP contribution in [0.25, 0.3) is 10.9 Å². The monoisotopic (exact) mass is 323 g/mol. The minimum Gasteiger partial charge on any atom is -0.491 e. The highest BCUT2D eigenvalue weighted by molar-refractivity contribution is 9.10. The number of ether oxygens (including phenoxy) is 1. The Morgan fingerprint density at radius 3 is 2.89 bits per heavy atom. The van der Waals surface area contributed by atoms with Crippen molar-refractivity contribution in [1.82, 2.24) is 9.88 Å². The van der Waals surface area contributed by atoms with Crippen molar-refractivity contribution in [2.45, 2.75) is 6.42 Å². The van der Waals surface area contributed by atoms with Crippen LogP contribution in [0.2, 0.25) is 0 Å². The van der Waals surface area contributed by atoms with Crippen molar-refractivity contribution < 1.29 is 4.74 Å². The van der Waals surface area contributed by atoms with Crippen molar-refractivity contribution in [2.24, 2.45) is 0 Å². The number of halogens is 1. The van der Waals surface area contributed by atoms with Gasteiger partial charge >= 0.3 is 0 Å². The first kappa shape index (κ1) is 14.1. The summed E-state index contributed by atoms with van der Waals surface area (Å²) in [5.74, 6) is 0.787. The average molecular weight is 324 g/mol. The highest BCUT2D eigenvalue weighted by atomic mass is 79.9. The first-order chi connectivity index (χ1) is 9.08. The first-order valence-electron chi connectivity index (χ1n) is 6.19. The zero-order valence-electron chi connectivity index (χ0n) is 11.2. The van der Waals surface area contributed by atoms with Gasteiger partial charge < -0.3 is 15.4 Å². The van der Waals surface area contributed by atoms with E-state index in [2.05, 4.69) is 39.9 Å². The van der Waals surface area contributed by atoms with Crippen LogP contribution in [0.1, 0.15) is 6.42 Å². The van der Waals surface area contributed by atoms with E-state index in [9.17, 15) is 0 Å². The molecule has 0 unspecified atom stereocenters. The van der Waals surface area contributed by atoms with Gasteiger partial charge in [-0.1, -0.05) is 0 Å². The van der Waals surface area contributed by atoms with Gasteiger partial charge in [0.25, 0.3) is 0 Å². The Hall–Kier alpha value is -1.33. The highest BCUT2D eigenvalue weighted by Crippen LogP contribution is 2.30. The van der Waals surface area contributed by atoms with Gasteiger partial charge in [0, 0.05) is 28.3 Å². The van der Waals surface area contributed by atoms with Gasteiger partial charge in [-0.2, -0.15) is 0 Å². The fraction of sp³-hybridized carbons (Fsp3) is 0.357. The molecule has 102 valence electrons. The van der Waals surface area contributed by atoms with Crippen molar-refractivity contribution in [3.63, 3.8) is 0 Å². The third kappa shape index (κ3) is 3.58. The van der Waals surface area contributed by atoms with Gasteiger partial charge in [-0.15, -0.1) is 0 Å². The molecule has 0 saturated heterocycles. The number of nitrogens with two attached hydrogens (primary N) is 1. The van der Waals surface area contributed by atoms with Crippen LogP contribution < -0.4 is 10.5 Å². The van der Waals surface area contributed by atoms with Crippen LogP contribution in [0, 0.1) is 0 Å². The Kier molecular flexibility index (Phi) is 4.61. The van der Waals surface area contributed by atoms with E-state index < -0.39 is 0 Å². The molecule has 0 aliphatic rings. The van der Waals surface area contributed by atoms with Crippen LogP contribution in [0.3, 0.4) is 0 Å². The molecule has 1 heterocycles. The van der Waals surface area contributed by atoms with E-state index in [1.165, 1.54) is 0 Å². The zero-order chi connectivity index (χ0) is 13.8. The smallest absolute Gasteiger partial charge is 0.145 e. The van der Waals surface area contributed by atoms with E-state index in [4.69, 9.17) is 10.5 Å². The van der Waals surface area contributed by atoms with Crippen molar-refractivity contribution in [3.05, 3.63) is 28.9 Å². The summed E-state index contributed by atoms with van der Waals surface area (Å²) < 4.78 is 6.72. The fourth-order valence-corrected chi connectivity index (χ4v) is 2.20. The van der Waals surface area contributed by atoms with E-state index in [-0.39, 0.29) is 0 Å². The van der Waals surface area contributed by atoms with Crippen molar-refractivity contribution in [3.8, 4) is 5.75 Å². The third-order valence-corrected chi connectivity index (χ3v) is 3.25. The van der Waals surface area contributed by atoms with E-state index in [0.29, 0.717) is 12.3 Å². The maximum atomic E-state index is 5.97. The van der Waals surface area contributed by atoms with Crippen molar-refractivity contribution >= 4 is 32.5 Å². The molecule has 2 N–H and O–H groups in total. The standard InChI is InChI=1S/C14H18BrN3O/c1-18(2)6-3-7-19-13-5-4-12(16)11-8-10(15)9-17-14(11)13/h4-5,8-9H,3,6-7,16H2,1-2H3. The van der Waals surface area contributed by atoms with Gasteiger partial charge in [-0.05, 0) is 54.6 Å². The third-order valence-electron chi connectivity index (χ3n) is 2.82. The largest absolute Gasteiger partial charge is 0.491 e. The number of nitrogens with zero attached hydrogens (tertiary/aromatic N) is 2. The minimum absolute atomic E-state index is 0.676. The number of fused-ring (bicyclic) bond motifs is 1. The van der Waals surface area contributed by atoms with Gasteiger partial charge in [0.2, 0.25) is 0 Å². The quantitative estimate of drug-likeness (QED) is 0.679. The summed E-state index contributed by atoms with van der Waals surface area (Å²) in [5, 5.41) is 0.916. The molecule has 19 heavy (non-hydrogen) atoms. The van der Waals surface area contributed by atoms with E-state index in [1.807, 2.05) is 18.2 Å². The van der Waals surface area contributed by atoms with E-state index in [0.717, 1.165) is 34.1 Å². The maximum absolute atomic E-state index is 5.97. The summed E-state index contributed by atoms with van der Waals surface area (Å²) in [6, 6.07) is 5.70. The molecule has 0 atom stereocenters. The van der Waals surface area contributed by atoms with Gasteiger partial charge in [-0.25, -0.2) is 0 Å². The number of nitrogen functional groups attached to an aromatic ring is 1. The second-order valence-electron chi connectivity index (χ2n) is 4.71. The zero-order valence-corrected chi connectivity index (χ0v) is 12.8. The predicted molar refractivity (Wildman–Crippen MR) is 82.5 cm³/mol. The molecule has 2 rings (SSSR count). The van der Waals surface area contributed by atoms with Crippen LogP contribution in [-0.4, -0.2) is 37.1 Å². The summed E-state index contributed by atoms with van der Waals surface area (Å²) in [6.45, 7) is 1.68. The molecule has 0 aliphatic carbocycles. The molecule has 0 bridgehead atoms. The van der Waals surface area contributed by atoms with Crippen molar-refractivity contribution in [1.29, 1.82) is 0 Å². The van der Waals surface area contributed by atoms with Crippen LogP contribution in [0.15, 0.2) is 28.9 Å². The topological polar surface area (TPSA) is 51.4 Å². The SMILES string of the molecule is CN(C)CCCOc1ccc(N)c2cc(Br)cnc12. The van der Waals surface area contributed by atoms with E-state index in [1.54, 1.807) is 6.20 Å². The summed E-state index contributed by atoms with van der Waals surface area (Å²) in [4.78, 5) is 6.53. The summed E-state index contributed by atoms with van der Waals surface area (Å²) in [7, 11) is 4.11. The molecule has 0 aliphatic heterocycles. The maximum Gasteiger partial charge on any atom is 0.145 e. The number of benzene rings is 1. The minimum atomic E-state index is 0.676. The Balaban J connectivity index is 2.17. The summed E-state index contributed by atoms with van der Waals surface area (Å²) in [6.07, 6.45) is 2.74. The molecule has 1 aromatic carbocycles. The lowest BCUT2D eigenvalue weighted by Crippen LogP contribution is -2.15. The van der Waals surface area contributed by atoms with Gasteiger partial charge in [0.15, 0.2) is 0 Å². The molecule has 0 saturated carbocycles. The molecule has 0 amide bonds. The van der Waals surface area contributed by atoms with Crippen molar-refractivity contribution in [2.75, 3.05) is 33.0 Å². The lowest BCUT2D eigenvalue weighted by atomic mass is 10.1. The Morgan fingerprint density at radius 1 is 1.37 bits per heavy atom. The second kappa shape index (κ2) is 6.21. The van der Waals surface area contributed by atoms with Crippen LogP contribution in [-0.2, 0) is 0 Å².